The highest BCUT2D eigenvalue weighted by Crippen LogP contribution is 2.32. The molecule has 0 saturated carbocycles. The van der Waals surface area contributed by atoms with Gasteiger partial charge in [0.05, 0.1) is 0 Å². The van der Waals surface area contributed by atoms with Crippen LogP contribution in [0.5, 0.6) is 5.75 Å². The smallest absolute Gasteiger partial charge is 0.412 e. The van der Waals surface area contributed by atoms with Gasteiger partial charge in [-0.3, -0.25) is 4.79 Å². The van der Waals surface area contributed by atoms with Crippen molar-refractivity contribution in [3.8, 4) is 5.75 Å². The van der Waals surface area contributed by atoms with Crippen LogP contribution < -0.4 is 10.1 Å². The molecule has 0 fully saturated rings. The lowest BCUT2D eigenvalue weighted by atomic mass is 10.1. The second-order valence-electron chi connectivity index (χ2n) is 5.48. The normalized spacial score (nSPS) is 12.7. The Bertz CT molecular complexity index is 702. The van der Waals surface area contributed by atoms with Gasteiger partial charge >= 0.3 is 12.8 Å². The van der Waals surface area contributed by atoms with Crippen LogP contribution in [0.3, 0.4) is 0 Å². The largest absolute Gasteiger partial charge is 0.435 e. The average molecular weight is 373 g/mol. The minimum atomic E-state index is -4.62. The van der Waals surface area contributed by atoms with Crippen LogP contribution in [0.2, 0.25) is 0 Å². The van der Waals surface area contributed by atoms with E-state index >= 15 is 0 Å². The van der Waals surface area contributed by atoms with Gasteiger partial charge in [0.1, 0.15) is 5.75 Å². The average Bonchev–Trinajstić information content (AvgIpc) is 2.58. The van der Waals surface area contributed by atoms with Crippen molar-refractivity contribution in [2.24, 2.45) is 0 Å². The Balaban J connectivity index is 1.94. The lowest BCUT2D eigenvalue weighted by Gasteiger charge is -2.22. The Morgan fingerprint density at radius 3 is 2.15 bits per heavy atom. The fourth-order valence-electron chi connectivity index (χ4n) is 2.33. The molecule has 0 aliphatic heterocycles. The van der Waals surface area contributed by atoms with Gasteiger partial charge in [-0.2, -0.15) is 22.0 Å². The van der Waals surface area contributed by atoms with Gasteiger partial charge in [0, 0.05) is 6.42 Å². The summed E-state index contributed by atoms with van der Waals surface area (Å²) in [7, 11) is 0. The quantitative estimate of drug-likeness (QED) is 0.718. The first-order chi connectivity index (χ1) is 12.3. The first-order valence-corrected chi connectivity index (χ1v) is 7.70. The van der Waals surface area contributed by atoms with Crippen LogP contribution in [0.15, 0.2) is 54.6 Å². The zero-order valence-corrected chi connectivity index (χ0v) is 13.5. The molecular formula is C18H16F5NO2. The molecule has 0 radical (unpaired) electrons. The topological polar surface area (TPSA) is 38.3 Å². The number of rotatable bonds is 7. The number of ether oxygens (including phenoxy) is 1. The maximum atomic E-state index is 13.2. The zero-order valence-electron chi connectivity index (χ0n) is 13.5. The summed E-state index contributed by atoms with van der Waals surface area (Å²) in [4.78, 5) is 11.9. The van der Waals surface area contributed by atoms with Crippen molar-refractivity contribution >= 4 is 5.91 Å². The first-order valence-electron chi connectivity index (χ1n) is 7.70. The van der Waals surface area contributed by atoms with Gasteiger partial charge in [0.2, 0.25) is 5.91 Å². The van der Waals surface area contributed by atoms with Gasteiger partial charge in [-0.1, -0.05) is 42.5 Å². The highest BCUT2D eigenvalue weighted by Gasteiger charge is 2.41. The van der Waals surface area contributed by atoms with Gasteiger partial charge < -0.3 is 10.1 Å². The summed E-state index contributed by atoms with van der Waals surface area (Å²) in [5.41, 5.74) is 0.562. The molecule has 8 heteroatoms. The summed E-state index contributed by atoms with van der Waals surface area (Å²) in [6.07, 6.45) is -4.63. The molecule has 0 aliphatic rings. The van der Waals surface area contributed by atoms with Crippen molar-refractivity contribution in [1.29, 1.82) is 0 Å². The van der Waals surface area contributed by atoms with Crippen LogP contribution in [-0.4, -0.2) is 18.7 Å². The number of alkyl halides is 5. The van der Waals surface area contributed by atoms with Crippen LogP contribution in [0.4, 0.5) is 22.0 Å². The third kappa shape index (κ3) is 6.02. The minimum absolute atomic E-state index is 0.0329. The highest BCUT2D eigenvalue weighted by molar-refractivity contribution is 5.76. The SMILES string of the molecule is O=C(CCc1ccc(OC(F)F)cc1)NC(c1ccccc1)C(F)(F)F. The number of halogens is 5. The molecule has 1 N–H and O–H groups in total. The van der Waals surface area contributed by atoms with Crippen molar-refractivity contribution in [3.63, 3.8) is 0 Å². The molecular weight excluding hydrogens is 357 g/mol. The van der Waals surface area contributed by atoms with Crippen molar-refractivity contribution in [2.75, 3.05) is 0 Å². The molecule has 0 saturated heterocycles. The van der Waals surface area contributed by atoms with Crippen LogP contribution in [0, 0.1) is 0 Å². The number of carbonyl (C=O) groups excluding carboxylic acids is 1. The number of nitrogens with one attached hydrogen (secondary N) is 1. The lowest BCUT2D eigenvalue weighted by molar-refractivity contribution is -0.163. The molecule has 0 aliphatic carbocycles. The monoisotopic (exact) mass is 373 g/mol. The lowest BCUT2D eigenvalue weighted by Crippen LogP contribution is -2.38. The third-order valence-electron chi connectivity index (χ3n) is 3.55. The number of carbonyl (C=O) groups is 1. The second kappa shape index (κ2) is 8.64. The molecule has 0 bridgehead atoms. The molecule has 0 spiro atoms. The number of aryl methyl sites for hydroxylation is 1. The zero-order chi connectivity index (χ0) is 19.2. The molecule has 3 nitrogen and oxygen atoms in total. The molecule has 2 rings (SSSR count). The van der Waals surface area contributed by atoms with Crippen molar-refractivity contribution in [1.82, 2.24) is 5.32 Å². The van der Waals surface area contributed by atoms with Crippen LogP contribution in [-0.2, 0) is 11.2 Å². The first kappa shape index (κ1) is 19.7. The maximum Gasteiger partial charge on any atom is 0.412 e. The van der Waals surface area contributed by atoms with E-state index in [-0.39, 0.29) is 24.2 Å². The van der Waals surface area contributed by atoms with E-state index in [1.807, 2.05) is 5.32 Å². The fraction of sp³-hybridized carbons (Fsp3) is 0.278. The molecule has 0 heterocycles. The van der Waals surface area contributed by atoms with Crippen LogP contribution >= 0.6 is 0 Å². The summed E-state index contributed by atoms with van der Waals surface area (Å²) in [6, 6.07) is 10.6. The van der Waals surface area contributed by atoms with E-state index in [4.69, 9.17) is 0 Å². The highest BCUT2D eigenvalue weighted by atomic mass is 19.4. The Morgan fingerprint density at radius 2 is 1.62 bits per heavy atom. The van der Waals surface area contributed by atoms with Crippen LogP contribution in [0.1, 0.15) is 23.6 Å². The van der Waals surface area contributed by atoms with Gasteiger partial charge in [-0.15, -0.1) is 0 Å². The van der Waals surface area contributed by atoms with Crippen molar-refractivity contribution < 1.29 is 31.5 Å². The number of benzene rings is 2. The maximum absolute atomic E-state index is 13.2. The predicted octanol–water partition coefficient (Wildman–Crippen LogP) is 4.64. The Morgan fingerprint density at radius 1 is 1.00 bits per heavy atom. The Kier molecular flexibility index (Phi) is 6.54. The molecule has 1 atom stereocenters. The molecule has 0 aromatic heterocycles. The summed E-state index contributed by atoms with van der Waals surface area (Å²) >= 11 is 0. The minimum Gasteiger partial charge on any atom is -0.435 e. The van der Waals surface area contributed by atoms with E-state index in [0.29, 0.717) is 5.56 Å². The van der Waals surface area contributed by atoms with E-state index in [1.54, 1.807) is 6.07 Å². The summed E-state index contributed by atoms with van der Waals surface area (Å²) in [5.74, 6) is -0.793. The van der Waals surface area contributed by atoms with E-state index < -0.39 is 24.7 Å². The summed E-state index contributed by atoms with van der Waals surface area (Å²) in [6.45, 7) is -2.94. The second-order valence-corrected chi connectivity index (χ2v) is 5.48. The fourth-order valence-corrected chi connectivity index (χ4v) is 2.33. The number of amides is 1. The number of hydrogen-bond donors (Lipinski definition) is 1. The third-order valence-corrected chi connectivity index (χ3v) is 3.55. The van der Waals surface area contributed by atoms with E-state index in [2.05, 4.69) is 4.74 Å². The van der Waals surface area contributed by atoms with E-state index in [0.717, 1.165) is 0 Å². The molecule has 2 aromatic rings. The van der Waals surface area contributed by atoms with E-state index in [9.17, 15) is 26.7 Å². The van der Waals surface area contributed by atoms with Gasteiger partial charge in [0.25, 0.3) is 0 Å². The van der Waals surface area contributed by atoms with E-state index in [1.165, 1.54) is 48.5 Å². The predicted molar refractivity (Wildman–Crippen MR) is 84.8 cm³/mol. The standard InChI is InChI=1S/C18H16F5NO2/c19-17(20)26-14-9-6-12(7-10-14)8-11-15(25)24-16(18(21,22)23)13-4-2-1-3-5-13/h1-7,9-10,16-17H,8,11H2,(H,24,25). The molecule has 2 aromatic carbocycles. The van der Waals surface area contributed by atoms with Gasteiger partial charge in [0.15, 0.2) is 6.04 Å². The van der Waals surface area contributed by atoms with Crippen molar-refractivity contribution in [2.45, 2.75) is 31.7 Å². The van der Waals surface area contributed by atoms with Gasteiger partial charge in [-0.25, -0.2) is 0 Å². The van der Waals surface area contributed by atoms with Crippen molar-refractivity contribution in [3.05, 3.63) is 65.7 Å². The van der Waals surface area contributed by atoms with Crippen LogP contribution in [0.25, 0.3) is 0 Å². The Labute approximate surface area is 146 Å². The molecule has 1 unspecified atom stereocenters. The summed E-state index contributed by atoms with van der Waals surface area (Å²) in [5, 5.41) is 1.99. The summed E-state index contributed by atoms with van der Waals surface area (Å²) < 4.78 is 67.9. The number of hydrogen-bond acceptors (Lipinski definition) is 2. The van der Waals surface area contributed by atoms with Gasteiger partial charge in [-0.05, 0) is 29.7 Å². The molecule has 1 amide bonds. The molecule has 140 valence electrons. The molecule has 26 heavy (non-hydrogen) atoms. The Hall–Kier alpha value is -2.64.